The molecule has 4 aliphatic rings. The van der Waals surface area contributed by atoms with Gasteiger partial charge >= 0.3 is 5.97 Å². The van der Waals surface area contributed by atoms with Crippen molar-refractivity contribution >= 4 is 5.97 Å². The lowest BCUT2D eigenvalue weighted by molar-refractivity contribution is -0.160. The van der Waals surface area contributed by atoms with E-state index in [0.29, 0.717) is 12.2 Å². The summed E-state index contributed by atoms with van der Waals surface area (Å²) in [5.74, 6) is 1.44. The second-order valence-corrected chi connectivity index (χ2v) is 8.25. The quantitative estimate of drug-likeness (QED) is 0.775. The highest BCUT2D eigenvalue weighted by Gasteiger charge is 2.58. The molecule has 0 aromatic heterocycles. The highest BCUT2D eigenvalue weighted by molar-refractivity contribution is 5.75. The SMILES string of the molecule is CCC(O)C(=O)OC1C(OC)=C[C@]23CCCN2CCc2cc4c(cc2[C@H]13)OCO4. The summed E-state index contributed by atoms with van der Waals surface area (Å²) in [6, 6.07) is 4.12. The molecule has 3 aliphatic heterocycles. The van der Waals surface area contributed by atoms with Crippen molar-refractivity contribution in [1.29, 1.82) is 0 Å². The molecule has 5 rings (SSSR count). The molecule has 1 saturated heterocycles. The van der Waals surface area contributed by atoms with Crippen LogP contribution in [0.15, 0.2) is 24.0 Å². The first-order valence-corrected chi connectivity index (χ1v) is 10.4. The number of hydrogen-bond donors (Lipinski definition) is 1. The molecule has 1 aromatic rings. The summed E-state index contributed by atoms with van der Waals surface area (Å²) in [4.78, 5) is 15.0. The zero-order valence-electron chi connectivity index (χ0n) is 16.8. The van der Waals surface area contributed by atoms with Crippen molar-refractivity contribution in [2.45, 2.75) is 56.3 Å². The average Bonchev–Trinajstić information content (AvgIpc) is 3.41. The van der Waals surface area contributed by atoms with Crippen molar-refractivity contribution in [2.24, 2.45) is 0 Å². The molecule has 2 unspecified atom stereocenters. The van der Waals surface area contributed by atoms with E-state index in [1.54, 1.807) is 14.0 Å². The van der Waals surface area contributed by atoms with Gasteiger partial charge in [-0.25, -0.2) is 4.79 Å². The number of carbonyl (C=O) groups is 1. The standard InChI is InChI=1S/C22H27NO6/c1-3-15(24)21(25)29-20-18(26-2)11-22-6-4-7-23(22)8-5-13-9-16-17(28-12-27-16)10-14(13)19(20)22/h9-11,15,19-20,24H,3-8,12H2,1-2H3/t15?,19-,20?,22+/m1/s1. The number of hydrogen-bond acceptors (Lipinski definition) is 7. The van der Waals surface area contributed by atoms with Crippen LogP contribution in [0.5, 0.6) is 11.5 Å². The summed E-state index contributed by atoms with van der Waals surface area (Å²) >= 11 is 0. The third-order valence-electron chi connectivity index (χ3n) is 6.87. The van der Waals surface area contributed by atoms with Crippen molar-refractivity contribution in [3.05, 3.63) is 35.1 Å². The van der Waals surface area contributed by atoms with Crippen LogP contribution in [0.2, 0.25) is 0 Å². The molecule has 4 atom stereocenters. The van der Waals surface area contributed by atoms with Gasteiger partial charge in [-0.05, 0) is 61.6 Å². The van der Waals surface area contributed by atoms with Crippen molar-refractivity contribution in [2.75, 3.05) is 27.0 Å². The molecular formula is C22H27NO6. The van der Waals surface area contributed by atoms with Gasteiger partial charge in [-0.2, -0.15) is 0 Å². The van der Waals surface area contributed by atoms with Crippen molar-refractivity contribution in [1.82, 2.24) is 4.90 Å². The van der Waals surface area contributed by atoms with E-state index < -0.39 is 18.2 Å². The predicted octanol–water partition coefficient (Wildman–Crippen LogP) is 2.12. The van der Waals surface area contributed by atoms with E-state index in [4.69, 9.17) is 18.9 Å². The largest absolute Gasteiger partial charge is 0.497 e. The number of esters is 1. The Bertz CT molecular complexity index is 867. The van der Waals surface area contributed by atoms with Crippen molar-refractivity contribution in [3.63, 3.8) is 0 Å². The normalized spacial score (nSPS) is 30.7. The first kappa shape index (κ1) is 18.8. The van der Waals surface area contributed by atoms with Crippen LogP contribution in [0.3, 0.4) is 0 Å². The van der Waals surface area contributed by atoms with Crippen LogP contribution in [0.25, 0.3) is 0 Å². The number of benzene rings is 1. The fourth-order valence-corrected chi connectivity index (χ4v) is 5.46. The van der Waals surface area contributed by atoms with Crippen LogP contribution in [0.4, 0.5) is 0 Å². The highest BCUT2D eigenvalue weighted by atomic mass is 16.7. The second kappa shape index (κ2) is 6.92. The summed E-state index contributed by atoms with van der Waals surface area (Å²) < 4.78 is 22.8. The van der Waals surface area contributed by atoms with Crippen molar-refractivity contribution in [3.8, 4) is 11.5 Å². The number of ether oxygens (including phenoxy) is 4. The third-order valence-corrected chi connectivity index (χ3v) is 6.87. The van der Waals surface area contributed by atoms with E-state index in [0.717, 1.165) is 49.4 Å². The molecule has 0 bridgehead atoms. The molecule has 1 fully saturated rings. The van der Waals surface area contributed by atoms with Crippen LogP contribution >= 0.6 is 0 Å². The van der Waals surface area contributed by atoms with E-state index in [2.05, 4.69) is 23.1 Å². The molecule has 7 nitrogen and oxygen atoms in total. The fraction of sp³-hybridized carbons (Fsp3) is 0.591. The van der Waals surface area contributed by atoms with E-state index >= 15 is 0 Å². The number of aliphatic hydroxyl groups is 1. The Balaban J connectivity index is 1.63. The van der Waals surface area contributed by atoms with E-state index in [1.807, 2.05) is 0 Å². The lowest BCUT2D eigenvalue weighted by atomic mass is 9.77. The molecule has 7 heteroatoms. The summed E-state index contributed by atoms with van der Waals surface area (Å²) in [5, 5.41) is 10.0. The Morgan fingerprint density at radius 1 is 1.34 bits per heavy atom. The molecule has 0 amide bonds. The van der Waals surface area contributed by atoms with Gasteiger partial charge in [0.05, 0.1) is 18.6 Å². The summed E-state index contributed by atoms with van der Waals surface area (Å²) in [6.07, 6.45) is 3.72. The number of rotatable bonds is 4. The maximum absolute atomic E-state index is 12.5. The lowest BCUT2D eigenvalue weighted by Crippen LogP contribution is -2.47. The summed E-state index contributed by atoms with van der Waals surface area (Å²) in [6.45, 7) is 3.91. The number of fused-ring (bicyclic) bond motifs is 3. The van der Waals surface area contributed by atoms with E-state index in [-0.39, 0.29) is 18.2 Å². The molecular weight excluding hydrogens is 374 g/mol. The van der Waals surface area contributed by atoms with Gasteiger partial charge in [0.1, 0.15) is 5.76 Å². The van der Waals surface area contributed by atoms with Gasteiger partial charge in [0.25, 0.3) is 0 Å². The molecule has 1 aromatic carbocycles. The van der Waals surface area contributed by atoms with Gasteiger partial charge in [0.2, 0.25) is 6.79 Å². The van der Waals surface area contributed by atoms with Gasteiger partial charge in [-0.15, -0.1) is 0 Å². The first-order chi connectivity index (χ1) is 14.1. The molecule has 3 heterocycles. The van der Waals surface area contributed by atoms with Gasteiger partial charge in [-0.1, -0.05) is 6.92 Å². The van der Waals surface area contributed by atoms with Gasteiger partial charge < -0.3 is 24.1 Å². The summed E-state index contributed by atoms with van der Waals surface area (Å²) in [7, 11) is 1.62. The van der Waals surface area contributed by atoms with Gasteiger partial charge in [0, 0.05) is 6.54 Å². The molecule has 1 aliphatic carbocycles. The summed E-state index contributed by atoms with van der Waals surface area (Å²) in [5.41, 5.74) is 2.05. The Labute approximate surface area is 170 Å². The Hall–Kier alpha value is -2.25. The molecule has 29 heavy (non-hydrogen) atoms. The molecule has 1 N–H and O–H groups in total. The Kier molecular flexibility index (Phi) is 4.47. The third kappa shape index (κ3) is 2.74. The van der Waals surface area contributed by atoms with Crippen LogP contribution in [0, 0.1) is 0 Å². The molecule has 1 spiro atoms. The van der Waals surface area contributed by atoms with Crippen molar-refractivity contribution < 1.29 is 28.8 Å². The lowest BCUT2D eigenvalue weighted by Gasteiger charge is -2.39. The maximum Gasteiger partial charge on any atom is 0.335 e. The minimum atomic E-state index is -1.13. The zero-order valence-corrected chi connectivity index (χ0v) is 16.8. The smallest absolute Gasteiger partial charge is 0.335 e. The number of methoxy groups -OCH3 is 1. The minimum Gasteiger partial charge on any atom is -0.497 e. The van der Waals surface area contributed by atoms with Crippen LogP contribution in [-0.2, 0) is 20.7 Å². The molecule has 156 valence electrons. The zero-order chi connectivity index (χ0) is 20.2. The van der Waals surface area contributed by atoms with Gasteiger partial charge in [-0.3, -0.25) is 4.90 Å². The second-order valence-electron chi connectivity index (χ2n) is 8.25. The Morgan fingerprint density at radius 2 is 2.14 bits per heavy atom. The van der Waals surface area contributed by atoms with Gasteiger partial charge in [0.15, 0.2) is 23.7 Å². The fourth-order valence-electron chi connectivity index (χ4n) is 5.46. The number of aliphatic hydroxyl groups excluding tert-OH is 1. The van der Waals surface area contributed by atoms with E-state index in [1.165, 1.54) is 5.56 Å². The van der Waals surface area contributed by atoms with Crippen LogP contribution < -0.4 is 9.47 Å². The number of carbonyl (C=O) groups excluding carboxylic acids is 1. The highest BCUT2D eigenvalue weighted by Crippen LogP contribution is 2.55. The first-order valence-electron chi connectivity index (χ1n) is 10.4. The molecule has 0 radical (unpaired) electrons. The predicted molar refractivity (Wildman–Crippen MR) is 104 cm³/mol. The Morgan fingerprint density at radius 3 is 2.90 bits per heavy atom. The maximum atomic E-state index is 12.5. The monoisotopic (exact) mass is 401 g/mol. The minimum absolute atomic E-state index is 0.111. The average molecular weight is 401 g/mol. The van der Waals surface area contributed by atoms with E-state index in [9.17, 15) is 9.90 Å². The van der Waals surface area contributed by atoms with Crippen LogP contribution in [0.1, 0.15) is 43.2 Å². The number of nitrogens with zero attached hydrogens (tertiary/aromatic N) is 1. The topological polar surface area (TPSA) is 77.5 Å². The molecule has 0 saturated carbocycles. The van der Waals surface area contributed by atoms with Crippen LogP contribution in [-0.4, -0.2) is 60.7 Å².